The largest absolute Gasteiger partial charge is 0.507 e. The Kier molecular flexibility index (Phi) is 15.0. The first kappa shape index (κ1) is 48.5. The molecular weight excluding hydrogens is 873 g/mol. The molecule has 1 unspecified atom stereocenters. The van der Waals surface area contributed by atoms with Gasteiger partial charge < -0.3 is 48.9 Å². The summed E-state index contributed by atoms with van der Waals surface area (Å²) in [7, 11) is 3.10. The van der Waals surface area contributed by atoms with Gasteiger partial charge in [0.1, 0.15) is 41.1 Å². The number of carbonyl (C=O) groups is 4. The van der Waals surface area contributed by atoms with Crippen molar-refractivity contribution in [3.8, 4) is 45.4 Å². The van der Waals surface area contributed by atoms with E-state index in [1.54, 1.807) is 74.9 Å². The second kappa shape index (κ2) is 21.1. The number of phenolic OH excluding ortho intramolecular Hbond substituents is 1. The van der Waals surface area contributed by atoms with Crippen LogP contribution < -0.4 is 25.0 Å². The molecule has 0 saturated carbocycles. The highest BCUT2D eigenvalue weighted by Gasteiger charge is 2.41. The average molecular weight is 929 g/mol. The quantitative estimate of drug-likeness (QED) is 0.0475. The van der Waals surface area contributed by atoms with Crippen LogP contribution >= 0.6 is 0 Å². The van der Waals surface area contributed by atoms with E-state index in [2.05, 4.69) is 5.32 Å². The number of nitrogens with one attached hydrogen (secondary N) is 1. The Bertz CT molecular complexity index is 2850. The van der Waals surface area contributed by atoms with Crippen LogP contribution in [0.5, 0.6) is 23.0 Å². The lowest BCUT2D eigenvalue weighted by Crippen LogP contribution is -2.54. The Morgan fingerprint density at radius 1 is 0.897 bits per heavy atom. The number of aliphatic hydroxyl groups excluding tert-OH is 1. The molecule has 68 heavy (non-hydrogen) atoms. The van der Waals surface area contributed by atoms with Crippen molar-refractivity contribution < 1.29 is 57.9 Å². The standard InChI is InChI=1S/C53H56N2O13/c1-6-53(2,3)49(59)50(60)55-25-10-9-16-40(55)52(63)68-42(23-17-31-18-24-43(64-4)45(26-31)65-5)32-12-11-13-34(27-32)66-30-46(58)54-29-39-41(57)22-21-38-47(35-14-7-8-15-36(35)51(61)62)37-20-19-33(56)28-44(37)67-48(38)39/h7-8,11-15,18-22,24,26-28,40,42,49,57,59H,6,9-10,16-17,23,25,29-30H2,1-5H3,(H,54,58)(H,61,62)/t40-,42+,49?/m0/s1. The predicted octanol–water partition coefficient (Wildman–Crippen LogP) is 8.08. The fourth-order valence-electron chi connectivity index (χ4n) is 8.49. The third-order valence-corrected chi connectivity index (χ3v) is 12.8. The lowest BCUT2D eigenvalue weighted by Gasteiger charge is -2.39. The third-order valence-electron chi connectivity index (χ3n) is 12.8. The van der Waals surface area contributed by atoms with E-state index >= 15 is 0 Å². The van der Waals surface area contributed by atoms with E-state index in [9.17, 15) is 39.3 Å². The summed E-state index contributed by atoms with van der Waals surface area (Å²) in [5, 5.41) is 35.4. The number of carboxylic acid groups (broad SMARTS) is 1. The Balaban J connectivity index is 1.11. The number of fused-ring (bicyclic) bond motifs is 2. The molecule has 4 N–H and O–H groups in total. The number of carbonyl (C=O) groups excluding carboxylic acids is 3. The molecule has 0 radical (unpaired) electrons. The molecule has 3 aliphatic rings. The third kappa shape index (κ3) is 10.6. The molecule has 15 nitrogen and oxygen atoms in total. The van der Waals surface area contributed by atoms with Gasteiger partial charge in [0, 0.05) is 29.1 Å². The molecule has 4 aromatic carbocycles. The zero-order chi connectivity index (χ0) is 48.7. The number of hydrogen-bond donors (Lipinski definition) is 4. The Morgan fingerprint density at radius 3 is 2.43 bits per heavy atom. The van der Waals surface area contributed by atoms with Gasteiger partial charge in [-0.3, -0.25) is 14.4 Å². The molecule has 356 valence electrons. The number of amides is 2. The SMILES string of the molecule is CCC(C)(C)C(O)C(=O)N1CCCC[C@H]1C(=O)O[C@H](CCc1ccc(OC)c(OC)c1)c1cccc(OCC(=O)NCc2c(O)ccc3c(-c4ccccc4C(=O)O)c4ccc(=O)cc-4oc23)c1. The lowest BCUT2D eigenvalue weighted by molar-refractivity contribution is -0.167. The van der Waals surface area contributed by atoms with Crippen molar-refractivity contribution in [3.63, 3.8) is 0 Å². The van der Waals surface area contributed by atoms with Gasteiger partial charge in [0.15, 0.2) is 23.5 Å². The summed E-state index contributed by atoms with van der Waals surface area (Å²) in [5.41, 5.74) is 2.11. The predicted molar refractivity (Wildman–Crippen MR) is 253 cm³/mol. The summed E-state index contributed by atoms with van der Waals surface area (Å²) in [4.78, 5) is 67.5. The minimum absolute atomic E-state index is 0.0223. The molecule has 1 aliphatic carbocycles. The highest BCUT2D eigenvalue weighted by molar-refractivity contribution is 6.08. The number of carboxylic acids is 1. The summed E-state index contributed by atoms with van der Waals surface area (Å²) in [6.45, 7) is 5.18. The van der Waals surface area contributed by atoms with Crippen LogP contribution in [0.1, 0.15) is 86.0 Å². The van der Waals surface area contributed by atoms with Gasteiger partial charge in [0.05, 0.1) is 31.9 Å². The van der Waals surface area contributed by atoms with Gasteiger partial charge >= 0.3 is 11.9 Å². The smallest absolute Gasteiger partial charge is 0.336 e. The van der Waals surface area contributed by atoms with Crippen LogP contribution in [0.2, 0.25) is 0 Å². The molecule has 3 atom stereocenters. The molecule has 2 amide bonds. The number of aliphatic hydroxyl groups is 1. The van der Waals surface area contributed by atoms with E-state index in [0.717, 1.165) is 5.56 Å². The topological polar surface area (TPSA) is 211 Å². The van der Waals surface area contributed by atoms with E-state index in [4.69, 9.17) is 23.4 Å². The van der Waals surface area contributed by atoms with Gasteiger partial charge in [-0.05, 0) is 115 Å². The second-order valence-electron chi connectivity index (χ2n) is 17.5. The van der Waals surface area contributed by atoms with Crippen molar-refractivity contribution >= 4 is 34.7 Å². The van der Waals surface area contributed by atoms with Gasteiger partial charge in [-0.15, -0.1) is 0 Å². The van der Waals surface area contributed by atoms with Crippen molar-refractivity contribution in [1.82, 2.24) is 10.2 Å². The number of rotatable bonds is 18. The number of piperidine rings is 1. The van der Waals surface area contributed by atoms with Gasteiger partial charge in [0.25, 0.3) is 11.8 Å². The number of likely N-dealkylation sites (tertiary alicyclic amines) is 1. The highest BCUT2D eigenvalue weighted by atomic mass is 16.5. The lowest BCUT2D eigenvalue weighted by atomic mass is 9.82. The molecule has 2 heterocycles. The van der Waals surface area contributed by atoms with Gasteiger partial charge in [0.2, 0.25) is 0 Å². The zero-order valence-electron chi connectivity index (χ0n) is 38.7. The van der Waals surface area contributed by atoms with Gasteiger partial charge in [-0.1, -0.05) is 57.2 Å². The maximum Gasteiger partial charge on any atom is 0.336 e. The van der Waals surface area contributed by atoms with Crippen LogP contribution in [0.3, 0.4) is 0 Å². The molecule has 7 rings (SSSR count). The number of esters is 1. The van der Waals surface area contributed by atoms with Crippen molar-refractivity contribution in [2.24, 2.45) is 5.41 Å². The van der Waals surface area contributed by atoms with Crippen LogP contribution in [0.25, 0.3) is 33.4 Å². The molecule has 0 aromatic heterocycles. The summed E-state index contributed by atoms with van der Waals surface area (Å²) in [5.74, 6) is -1.45. The Morgan fingerprint density at radius 2 is 1.68 bits per heavy atom. The molecular formula is C53H56N2O13. The molecule has 1 saturated heterocycles. The number of aryl methyl sites for hydroxylation is 1. The first-order valence-electron chi connectivity index (χ1n) is 22.6. The summed E-state index contributed by atoms with van der Waals surface area (Å²) >= 11 is 0. The molecule has 2 aliphatic heterocycles. The molecule has 1 fully saturated rings. The van der Waals surface area contributed by atoms with E-state index < -0.39 is 54.0 Å². The van der Waals surface area contributed by atoms with Crippen molar-refractivity contribution in [3.05, 3.63) is 130 Å². The Hall–Kier alpha value is -7.39. The van der Waals surface area contributed by atoms with Crippen LogP contribution in [-0.2, 0) is 32.1 Å². The van der Waals surface area contributed by atoms with E-state index in [1.165, 1.54) is 29.2 Å². The number of methoxy groups -OCH3 is 2. The first-order chi connectivity index (χ1) is 32.6. The number of aromatic hydroxyl groups is 1. The number of nitrogens with zero attached hydrogens (tertiary/aromatic N) is 1. The van der Waals surface area contributed by atoms with Crippen LogP contribution in [0.4, 0.5) is 0 Å². The fraction of sp³-hybridized carbons (Fsp3) is 0.340. The maximum atomic E-state index is 14.2. The summed E-state index contributed by atoms with van der Waals surface area (Å²) in [6, 6.07) is 25.1. The number of phenols is 1. The van der Waals surface area contributed by atoms with E-state index in [1.807, 2.05) is 32.9 Å². The maximum absolute atomic E-state index is 14.2. The second-order valence-corrected chi connectivity index (χ2v) is 17.5. The Labute approximate surface area is 393 Å². The summed E-state index contributed by atoms with van der Waals surface area (Å²) < 4.78 is 29.4. The molecule has 0 spiro atoms. The van der Waals surface area contributed by atoms with E-state index in [0.29, 0.717) is 90.0 Å². The summed E-state index contributed by atoms with van der Waals surface area (Å²) in [6.07, 6.45) is 0.999. The van der Waals surface area contributed by atoms with Crippen LogP contribution in [0.15, 0.2) is 106 Å². The minimum Gasteiger partial charge on any atom is -0.507 e. The first-order valence-corrected chi connectivity index (χ1v) is 22.6. The highest BCUT2D eigenvalue weighted by Crippen LogP contribution is 2.44. The minimum atomic E-state index is -1.30. The van der Waals surface area contributed by atoms with Gasteiger partial charge in [-0.25, -0.2) is 9.59 Å². The number of hydrogen-bond acceptors (Lipinski definition) is 12. The van der Waals surface area contributed by atoms with Crippen molar-refractivity contribution in [2.75, 3.05) is 27.4 Å². The number of aromatic carboxylic acids is 1. The zero-order valence-corrected chi connectivity index (χ0v) is 38.7. The van der Waals surface area contributed by atoms with Crippen molar-refractivity contribution in [2.45, 2.75) is 84.1 Å². The molecule has 15 heteroatoms. The normalized spacial score (nSPS) is 14.8. The monoisotopic (exact) mass is 928 g/mol. The molecule has 0 bridgehead atoms. The molecule has 4 aromatic rings. The average Bonchev–Trinajstić information content (AvgIpc) is 3.35. The van der Waals surface area contributed by atoms with Gasteiger partial charge in [-0.2, -0.15) is 0 Å². The van der Waals surface area contributed by atoms with Crippen LogP contribution in [0, 0.1) is 5.41 Å². The number of ether oxygens (including phenoxy) is 4. The fourth-order valence-corrected chi connectivity index (χ4v) is 8.49. The number of benzene rings is 5. The van der Waals surface area contributed by atoms with Crippen LogP contribution in [-0.4, -0.2) is 83.5 Å². The van der Waals surface area contributed by atoms with E-state index in [-0.39, 0.29) is 40.2 Å². The van der Waals surface area contributed by atoms with Crippen molar-refractivity contribution in [1.29, 1.82) is 0 Å².